The van der Waals surface area contributed by atoms with Gasteiger partial charge in [-0.2, -0.15) is 0 Å². The van der Waals surface area contributed by atoms with Crippen LogP contribution in [0.1, 0.15) is 17.3 Å². The lowest BCUT2D eigenvalue weighted by molar-refractivity contribution is 0.102. The SMILES string of the molecule is CCOc1ccc2c(Oc3c(F)cc(NC(=O)c4cnccc4OC)cc3F)ccnc2c1. The molecule has 0 bridgehead atoms. The minimum Gasteiger partial charge on any atom is -0.496 e. The van der Waals surface area contributed by atoms with Gasteiger partial charge in [0.2, 0.25) is 0 Å². The van der Waals surface area contributed by atoms with E-state index in [0.717, 1.165) is 12.1 Å². The molecule has 2 heterocycles. The lowest BCUT2D eigenvalue weighted by Gasteiger charge is -2.13. The average molecular weight is 451 g/mol. The fourth-order valence-electron chi connectivity index (χ4n) is 3.22. The molecule has 0 atom stereocenters. The lowest BCUT2D eigenvalue weighted by atomic mass is 10.2. The maximum absolute atomic E-state index is 14.8. The van der Waals surface area contributed by atoms with E-state index in [-0.39, 0.29) is 22.7 Å². The summed E-state index contributed by atoms with van der Waals surface area (Å²) >= 11 is 0. The Bertz CT molecular complexity index is 1310. The number of ether oxygens (including phenoxy) is 3. The number of carbonyl (C=O) groups is 1. The van der Waals surface area contributed by atoms with Crippen LogP contribution in [0.15, 0.2) is 61.1 Å². The summed E-state index contributed by atoms with van der Waals surface area (Å²) in [6, 6.07) is 10.1. The van der Waals surface area contributed by atoms with Crippen molar-refractivity contribution in [1.29, 1.82) is 0 Å². The lowest BCUT2D eigenvalue weighted by Crippen LogP contribution is -2.14. The standard InChI is InChI=1S/C24H19F2N3O4/c1-3-32-15-4-5-16-20(12-15)28-9-7-22(16)33-23-18(25)10-14(11-19(23)26)29-24(30)17-13-27-8-6-21(17)31-2/h4-13H,3H2,1-2H3,(H,29,30). The van der Waals surface area contributed by atoms with E-state index in [2.05, 4.69) is 15.3 Å². The zero-order chi connectivity index (χ0) is 23.4. The summed E-state index contributed by atoms with van der Waals surface area (Å²) < 4.78 is 45.7. The van der Waals surface area contributed by atoms with Crippen LogP contribution in [0, 0.1) is 11.6 Å². The van der Waals surface area contributed by atoms with Crippen LogP contribution in [-0.4, -0.2) is 29.6 Å². The van der Waals surface area contributed by atoms with Crippen molar-refractivity contribution in [3.63, 3.8) is 0 Å². The largest absolute Gasteiger partial charge is 0.496 e. The maximum Gasteiger partial charge on any atom is 0.261 e. The first-order valence-corrected chi connectivity index (χ1v) is 9.98. The molecule has 0 aliphatic heterocycles. The van der Waals surface area contributed by atoms with Crippen molar-refractivity contribution >= 4 is 22.5 Å². The van der Waals surface area contributed by atoms with Crippen molar-refractivity contribution in [2.24, 2.45) is 0 Å². The van der Waals surface area contributed by atoms with E-state index in [1.165, 1.54) is 37.8 Å². The Morgan fingerprint density at radius 3 is 2.52 bits per heavy atom. The van der Waals surface area contributed by atoms with Crippen LogP contribution in [0.2, 0.25) is 0 Å². The van der Waals surface area contributed by atoms with Crippen molar-refractivity contribution in [2.75, 3.05) is 19.0 Å². The number of pyridine rings is 2. The average Bonchev–Trinajstić information content (AvgIpc) is 2.81. The number of methoxy groups -OCH3 is 1. The molecule has 0 spiro atoms. The van der Waals surface area contributed by atoms with Crippen LogP contribution in [0.4, 0.5) is 14.5 Å². The van der Waals surface area contributed by atoms with E-state index in [1.807, 2.05) is 6.92 Å². The third-order valence-corrected chi connectivity index (χ3v) is 4.70. The van der Waals surface area contributed by atoms with E-state index in [4.69, 9.17) is 14.2 Å². The number of rotatable bonds is 7. The van der Waals surface area contributed by atoms with Crippen LogP contribution in [0.3, 0.4) is 0 Å². The number of nitrogens with zero attached hydrogens (tertiary/aromatic N) is 2. The van der Waals surface area contributed by atoms with Crippen LogP contribution < -0.4 is 19.5 Å². The molecule has 2 aromatic carbocycles. The first-order chi connectivity index (χ1) is 16.0. The predicted molar refractivity (Wildman–Crippen MR) is 118 cm³/mol. The van der Waals surface area contributed by atoms with Gasteiger partial charge in [-0.1, -0.05) is 0 Å². The number of nitrogens with one attached hydrogen (secondary N) is 1. The molecule has 168 valence electrons. The van der Waals surface area contributed by atoms with E-state index < -0.39 is 23.3 Å². The Hall–Kier alpha value is -4.27. The first-order valence-electron chi connectivity index (χ1n) is 9.98. The number of anilines is 1. The molecular weight excluding hydrogens is 432 g/mol. The van der Waals surface area contributed by atoms with E-state index in [1.54, 1.807) is 18.2 Å². The van der Waals surface area contributed by atoms with Gasteiger partial charge in [0.15, 0.2) is 17.4 Å². The summed E-state index contributed by atoms with van der Waals surface area (Å²) in [5, 5.41) is 2.99. The second-order valence-electron chi connectivity index (χ2n) is 6.82. The first kappa shape index (κ1) is 21.9. The molecule has 4 aromatic rings. The van der Waals surface area contributed by atoms with Crippen molar-refractivity contribution in [3.8, 4) is 23.0 Å². The summed E-state index contributed by atoms with van der Waals surface area (Å²) in [6.07, 6.45) is 4.23. The summed E-state index contributed by atoms with van der Waals surface area (Å²) in [5.74, 6) is -2.08. The number of hydrogen-bond donors (Lipinski definition) is 1. The third kappa shape index (κ3) is 4.67. The van der Waals surface area contributed by atoms with Crippen molar-refractivity contribution in [3.05, 3.63) is 78.3 Å². The van der Waals surface area contributed by atoms with Gasteiger partial charge in [0.25, 0.3) is 5.91 Å². The fraction of sp³-hybridized carbons (Fsp3) is 0.125. The molecule has 9 heteroatoms. The number of halogens is 2. The van der Waals surface area contributed by atoms with Crippen molar-refractivity contribution in [1.82, 2.24) is 9.97 Å². The highest BCUT2D eigenvalue weighted by molar-refractivity contribution is 6.06. The van der Waals surface area contributed by atoms with Crippen LogP contribution >= 0.6 is 0 Å². The fourth-order valence-corrected chi connectivity index (χ4v) is 3.22. The molecule has 0 aliphatic carbocycles. The predicted octanol–water partition coefficient (Wildman–Crippen LogP) is 5.36. The van der Waals surface area contributed by atoms with Gasteiger partial charge in [0.1, 0.15) is 17.2 Å². The summed E-state index contributed by atoms with van der Waals surface area (Å²) in [7, 11) is 1.40. The summed E-state index contributed by atoms with van der Waals surface area (Å²) in [6.45, 7) is 2.36. The highest BCUT2D eigenvalue weighted by Crippen LogP contribution is 2.35. The highest BCUT2D eigenvalue weighted by atomic mass is 19.1. The Labute approximate surface area is 188 Å². The molecule has 7 nitrogen and oxygen atoms in total. The van der Waals surface area contributed by atoms with Gasteiger partial charge in [0.05, 0.1) is 24.8 Å². The zero-order valence-electron chi connectivity index (χ0n) is 17.8. The molecule has 0 radical (unpaired) electrons. The van der Waals surface area contributed by atoms with Gasteiger partial charge in [-0.3, -0.25) is 14.8 Å². The molecule has 4 rings (SSSR count). The Balaban J connectivity index is 1.60. The smallest absolute Gasteiger partial charge is 0.261 e. The minimum absolute atomic E-state index is 0.0887. The molecule has 1 N–H and O–H groups in total. The highest BCUT2D eigenvalue weighted by Gasteiger charge is 2.18. The molecule has 0 unspecified atom stereocenters. The second kappa shape index (κ2) is 9.47. The topological polar surface area (TPSA) is 82.6 Å². The zero-order valence-corrected chi connectivity index (χ0v) is 17.8. The van der Waals surface area contributed by atoms with Crippen LogP contribution in [-0.2, 0) is 0 Å². The van der Waals surface area contributed by atoms with Crippen molar-refractivity contribution in [2.45, 2.75) is 6.92 Å². The van der Waals surface area contributed by atoms with Crippen molar-refractivity contribution < 1.29 is 27.8 Å². The number of aromatic nitrogens is 2. The van der Waals surface area contributed by atoms with Gasteiger partial charge < -0.3 is 19.5 Å². The van der Waals surface area contributed by atoms with Gasteiger partial charge in [-0.15, -0.1) is 0 Å². The summed E-state index contributed by atoms with van der Waals surface area (Å²) in [5.41, 5.74) is 0.582. The van der Waals surface area contributed by atoms with E-state index in [0.29, 0.717) is 23.3 Å². The molecular formula is C24H19F2N3O4. The van der Waals surface area contributed by atoms with Crippen LogP contribution in [0.25, 0.3) is 10.9 Å². The molecule has 1 amide bonds. The van der Waals surface area contributed by atoms with E-state index in [9.17, 15) is 13.6 Å². The Kier molecular flexibility index (Phi) is 6.30. The quantitative estimate of drug-likeness (QED) is 0.407. The molecule has 0 saturated heterocycles. The molecule has 0 fully saturated rings. The van der Waals surface area contributed by atoms with Gasteiger partial charge in [-0.05, 0) is 31.2 Å². The third-order valence-electron chi connectivity index (χ3n) is 4.70. The maximum atomic E-state index is 14.8. The molecule has 2 aromatic heterocycles. The monoisotopic (exact) mass is 451 g/mol. The molecule has 0 aliphatic rings. The number of benzene rings is 2. The molecule has 33 heavy (non-hydrogen) atoms. The Morgan fingerprint density at radius 2 is 1.79 bits per heavy atom. The van der Waals surface area contributed by atoms with Crippen LogP contribution in [0.5, 0.6) is 23.0 Å². The van der Waals surface area contributed by atoms with Gasteiger partial charge in [0, 0.05) is 47.9 Å². The van der Waals surface area contributed by atoms with Gasteiger partial charge >= 0.3 is 0 Å². The summed E-state index contributed by atoms with van der Waals surface area (Å²) in [4.78, 5) is 20.6. The normalized spacial score (nSPS) is 10.7. The van der Waals surface area contributed by atoms with Gasteiger partial charge in [-0.25, -0.2) is 8.78 Å². The number of hydrogen-bond acceptors (Lipinski definition) is 6. The number of carbonyl (C=O) groups excluding carboxylic acids is 1. The molecule has 0 saturated carbocycles. The Morgan fingerprint density at radius 1 is 1.03 bits per heavy atom. The second-order valence-corrected chi connectivity index (χ2v) is 6.82. The number of fused-ring (bicyclic) bond motifs is 1. The minimum atomic E-state index is -0.987. The van der Waals surface area contributed by atoms with E-state index >= 15 is 0 Å². The number of amides is 1.